The Balaban J connectivity index is 1.84. The zero-order valence-corrected chi connectivity index (χ0v) is 16.7. The number of anilines is 1. The second kappa shape index (κ2) is 9.37. The Morgan fingerprint density at radius 1 is 0.893 bits per heavy atom. The van der Waals surface area contributed by atoms with Gasteiger partial charge in [0.05, 0.1) is 18.0 Å². The van der Waals surface area contributed by atoms with Crippen molar-refractivity contribution in [3.8, 4) is 11.5 Å². The number of ether oxygens (including phenoxy) is 1. The second-order valence-corrected chi connectivity index (χ2v) is 8.45. The van der Waals surface area contributed by atoms with Crippen molar-refractivity contribution >= 4 is 15.7 Å². The summed E-state index contributed by atoms with van der Waals surface area (Å²) in [4.78, 5) is 4.00. The first-order chi connectivity index (χ1) is 13.6. The molecule has 0 radical (unpaired) electrons. The summed E-state index contributed by atoms with van der Waals surface area (Å²) in [5, 5.41) is 0. The third-order valence-corrected chi connectivity index (χ3v) is 6.09. The van der Waals surface area contributed by atoms with Gasteiger partial charge in [0.15, 0.2) is 0 Å². The molecule has 0 spiro atoms. The summed E-state index contributed by atoms with van der Waals surface area (Å²) in [6.07, 6.45) is 4.79. The Labute approximate surface area is 166 Å². The number of sulfonamides is 1. The van der Waals surface area contributed by atoms with Gasteiger partial charge >= 0.3 is 0 Å². The average Bonchev–Trinajstić information content (AvgIpc) is 2.73. The van der Waals surface area contributed by atoms with Crippen LogP contribution in [0.1, 0.15) is 25.3 Å². The van der Waals surface area contributed by atoms with Crippen LogP contribution in [0.4, 0.5) is 5.69 Å². The molecule has 0 aliphatic heterocycles. The summed E-state index contributed by atoms with van der Waals surface area (Å²) in [6, 6.07) is 20.3. The lowest BCUT2D eigenvalue weighted by atomic mass is 10.2. The third kappa shape index (κ3) is 5.33. The summed E-state index contributed by atoms with van der Waals surface area (Å²) in [7, 11) is -3.44. The van der Waals surface area contributed by atoms with Crippen LogP contribution in [0.15, 0.2) is 79.1 Å². The van der Waals surface area contributed by atoms with Crippen molar-refractivity contribution in [1.29, 1.82) is 0 Å². The van der Waals surface area contributed by atoms with Gasteiger partial charge in [-0.1, -0.05) is 31.5 Å². The van der Waals surface area contributed by atoms with Gasteiger partial charge in [-0.15, -0.1) is 0 Å². The van der Waals surface area contributed by atoms with Gasteiger partial charge in [0.25, 0.3) is 0 Å². The molecule has 0 fully saturated rings. The normalized spacial score (nSPS) is 11.2. The Bertz CT molecular complexity index is 960. The molecule has 6 heteroatoms. The highest BCUT2D eigenvalue weighted by Gasteiger charge is 2.22. The van der Waals surface area contributed by atoms with Crippen LogP contribution in [0.2, 0.25) is 0 Å². The minimum Gasteiger partial charge on any atom is -0.457 e. The van der Waals surface area contributed by atoms with Crippen molar-refractivity contribution in [2.75, 3.05) is 10.1 Å². The largest absolute Gasteiger partial charge is 0.457 e. The van der Waals surface area contributed by atoms with E-state index in [0.717, 1.165) is 17.7 Å². The minimum atomic E-state index is -3.44. The van der Waals surface area contributed by atoms with E-state index in [0.29, 0.717) is 17.9 Å². The fourth-order valence-corrected chi connectivity index (χ4v) is 4.41. The van der Waals surface area contributed by atoms with Gasteiger partial charge < -0.3 is 4.74 Å². The lowest BCUT2D eigenvalue weighted by Gasteiger charge is -2.25. The van der Waals surface area contributed by atoms with E-state index in [-0.39, 0.29) is 12.3 Å². The molecule has 0 N–H and O–H groups in total. The van der Waals surface area contributed by atoms with E-state index in [2.05, 4.69) is 4.98 Å². The smallest absolute Gasteiger partial charge is 0.235 e. The number of benzene rings is 2. The maximum absolute atomic E-state index is 12.9. The number of hydrogen-bond donors (Lipinski definition) is 0. The van der Waals surface area contributed by atoms with Crippen molar-refractivity contribution in [3.05, 3.63) is 84.7 Å². The Kier molecular flexibility index (Phi) is 6.66. The number of aromatic nitrogens is 1. The van der Waals surface area contributed by atoms with Crippen LogP contribution in [0.25, 0.3) is 0 Å². The second-order valence-electron chi connectivity index (χ2n) is 6.44. The SMILES string of the molecule is CCCCS(=O)(=O)N(Cc1ccncc1)c1ccc(Oc2ccccc2)cc1. The lowest BCUT2D eigenvalue weighted by Crippen LogP contribution is -2.32. The summed E-state index contributed by atoms with van der Waals surface area (Å²) in [5.74, 6) is 1.51. The predicted molar refractivity (Wildman–Crippen MR) is 112 cm³/mol. The first-order valence-electron chi connectivity index (χ1n) is 9.31. The lowest BCUT2D eigenvalue weighted by molar-refractivity contribution is 0.482. The van der Waals surface area contributed by atoms with Gasteiger partial charge in [-0.05, 0) is 60.5 Å². The zero-order valence-electron chi connectivity index (χ0n) is 15.9. The summed E-state index contributed by atoms with van der Waals surface area (Å²) < 4.78 is 33.2. The molecule has 3 aromatic rings. The van der Waals surface area contributed by atoms with Crippen molar-refractivity contribution in [2.24, 2.45) is 0 Å². The van der Waals surface area contributed by atoms with Gasteiger partial charge in [0.1, 0.15) is 11.5 Å². The van der Waals surface area contributed by atoms with Crippen LogP contribution in [-0.2, 0) is 16.6 Å². The van der Waals surface area contributed by atoms with Crippen molar-refractivity contribution < 1.29 is 13.2 Å². The molecule has 0 bridgehead atoms. The third-order valence-electron chi connectivity index (χ3n) is 4.27. The number of pyridine rings is 1. The number of nitrogens with zero attached hydrogens (tertiary/aromatic N) is 2. The van der Waals surface area contributed by atoms with E-state index in [1.165, 1.54) is 4.31 Å². The van der Waals surface area contributed by atoms with Crippen LogP contribution >= 0.6 is 0 Å². The molecule has 1 aromatic heterocycles. The molecule has 28 heavy (non-hydrogen) atoms. The summed E-state index contributed by atoms with van der Waals surface area (Å²) in [5.41, 5.74) is 1.51. The monoisotopic (exact) mass is 396 g/mol. The molecule has 0 aliphatic carbocycles. The van der Waals surface area contributed by atoms with E-state index >= 15 is 0 Å². The van der Waals surface area contributed by atoms with Gasteiger partial charge in [-0.3, -0.25) is 9.29 Å². The van der Waals surface area contributed by atoms with Crippen LogP contribution in [0.3, 0.4) is 0 Å². The molecule has 0 atom stereocenters. The molecule has 3 rings (SSSR count). The van der Waals surface area contributed by atoms with Crippen molar-refractivity contribution in [2.45, 2.75) is 26.3 Å². The van der Waals surface area contributed by atoms with E-state index in [1.54, 1.807) is 36.7 Å². The molecule has 5 nitrogen and oxygen atoms in total. The van der Waals surface area contributed by atoms with Crippen molar-refractivity contribution in [3.63, 3.8) is 0 Å². The topological polar surface area (TPSA) is 59.5 Å². The Morgan fingerprint density at radius 2 is 1.54 bits per heavy atom. The highest BCUT2D eigenvalue weighted by molar-refractivity contribution is 7.92. The fraction of sp³-hybridized carbons (Fsp3) is 0.227. The standard InChI is InChI=1S/C22H24N2O3S/c1-2-3-17-28(25,26)24(18-19-13-15-23-16-14-19)20-9-11-22(12-10-20)27-21-7-5-4-6-8-21/h4-16H,2-3,17-18H2,1H3. The van der Waals surface area contributed by atoms with Crippen LogP contribution in [0, 0.1) is 0 Å². The molecule has 0 unspecified atom stereocenters. The number of para-hydroxylation sites is 1. The Morgan fingerprint density at radius 3 is 2.18 bits per heavy atom. The number of rotatable bonds is 9. The zero-order chi connectivity index (χ0) is 19.8. The highest BCUT2D eigenvalue weighted by atomic mass is 32.2. The average molecular weight is 397 g/mol. The van der Waals surface area contributed by atoms with E-state index in [4.69, 9.17) is 4.74 Å². The van der Waals surface area contributed by atoms with Crippen LogP contribution < -0.4 is 9.04 Å². The molecule has 0 aliphatic rings. The van der Waals surface area contributed by atoms with E-state index < -0.39 is 10.0 Å². The maximum Gasteiger partial charge on any atom is 0.235 e. The minimum absolute atomic E-state index is 0.122. The maximum atomic E-state index is 12.9. The van der Waals surface area contributed by atoms with Gasteiger partial charge in [0.2, 0.25) is 10.0 Å². The van der Waals surface area contributed by atoms with Crippen LogP contribution in [-0.4, -0.2) is 19.2 Å². The van der Waals surface area contributed by atoms with Gasteiger partial charge in [-0.2, -0.15) is 0 Å². The molecular formula is C22H24N2O3S. The molecule has 146 valence electrons. The highest BCUT2D eigenvalue weighted by Crippen LogP contribution is 2.27. The fourth-order valence-electron chi connectivity index (χ4n) is 2.75. The quantitative estimate of drug-likeness (QED) is 0.510. The molecule has 0 saturated carbocycles. The summed E-state index contributed by atoms with van der Waals surface area (Å²) in [6.45, 7) is 2.26. The number of hydrogen-bond acceptors (Lipinski definition) is 4. The van der Waals surface area contributed by atoms with E-state index in [1.807, 2.05) is 49.4 Å². The van der Waals surface area contributed by atoms with E-state index in [9.17, 15) is 8.42 Å². The molecule has 0 saturated heterocycles. The molecule has 1 heterocycles. The number of unbranched alkanes of at least 4 members (excludes halogenated alkanes) is 1. The molecule has 2 aromatic carbocycles. The first-order valence-corrected chi connectivity index (χ1v) is 10.9. The Hall–Kier alpha value is -2.86. The molecular weight excluding hydrogens is 372 g/mol. The first kappa shape index (κ1) is 19.9. The predicted octanol–water partition coefficient (Wildman–Crippen LogP) is 5.01. The summed E-state index contributed by atoms with van der Waals surface area (Å²) >= 11 is 0. The van der Waals surface area contributed by atoms with Crippen molar-refractivity contribution in [1.82, 2.24) is 4.98 Å². The van der Waals surface area contributed by atoms with Gasteiger partial charge in [0, 0.05) is 12.4 Å². The molecule has 0 amide bonds. The van der Waals surface area contributed by atoms with Crippen LogP contribution in [0.5, 0.6) is 11.5 Å². The van der Waals surface area contributed by atoms with Gasteiger partial charge in [-0.25, -0.2) is 8.42 Å².